The molecule has 3 rings (SSSR count). The van der Waals surface area contributed by atoms with Crippen LogP contribution in [0.4, 0.5) is 0 Å². The zero-order chi connectivity index (χ0) is 14.2. The second kappa shape index (κ2) is 5.54. The third-order valence-electron chi connectivity index (χ3n) is 3.86. The van der Waals surface area contributed by atoms with Crippen molar-refractivity contribution in [2.24, 2.45) is 5.92 Å². The monoisotopic (exact) mass is 312 g/mol. The van der Waals surface area contributed by atoms with Crippen LogP contribution < -0.4 is 5.32 Å². The van der Waals surface area contributed by atoms with E-state index in [1.807, 2.05) is 0 Å². The molecule has 0 amide bonds. The number of hydrogen-bond donors (Lipinski definition) is 2. The highest BCUT2D eigenvalue weighted by Gasteiger charge is 2.53. The van der Waals surface area contributed by atoms with Crippen molar-refractivity contribution >= 4 is 29.3 Å². The molecule has 1 heterocycles. The van der Waals surface area contributed by atoms with Crippen molar-refractivity contribution < 1.29 is 9.90 Å². The van der Waals surface area contributed by atoms with Crippen molar-refractivity contribution in [3.05, 3.63) is 23.4 Å². The van der Waals surface area contributed by atoms with E-state index in [2.05, 4.69) is 10.3 Å². The molecule has 0 bridgehead atoms. The van der Waals surface area contributed by atoms with Crippen molar-refractivity contribution in [3.8, 4) is 0 Å². The highest BCUT2D eigenvalue weighted by molar-refractivity contribution is 7.99. The van der Waals surface area contributed by atoms with Crippen LogP contribution in [0.3, 0.4) is 0 Å². The number of nitrogens with zero attached hydrogens (tertiary/aromatic N) is 1. The second-order valence-electron chi connectivity index (χ2n) is 5.55. The number of carboxylic acids is 1. The lowest BCUT2D eigenvalue weighted by Gasteiger charge is -2.30. The molecule has 0 aromatic carbocycles. The Kier molecular flexibility index (Phi) is 3.93. The largest absolute Gasteiger partial charge is 0.480 e. The van der Waals surface area contributed by atoms with Gasteiger partial charge in [0.25, 0.3) is 0 Å². The summed E-state index contributed by atoms with van der Waals surface area (Å²) in [6.07, 6.45) is 5.82. The van der Waals surface area contributed by atoms with Gasteiger partial charge in [0.15, 0.2) is 0 Å². The number of rotatable bonds is 7. The predicted molar refractivity (Wildman–Crippen MR) is 79.2 cm³/mol. The van der Waals surface area contributed by atoms with Crippen LogP contribution in [0.15, 0.2) is 23.4 Å². The number of pyridine rings is 1. The number of carboxylic acid groups (broad SMARTS) is 1. The van der Waals surface area contributed by atoms with Gasteiger partial charge in [0.2, 0.25) is 0 Å². The lowest BCUT2D eigenvalue weighted by molar-refractivity contribution is -0.145. The maximum atomic E-state index is 11.8. The molecule has 6 heteroatoms. The summed E-state index contributed by atoms with van der Waals surface area (Å²) in [4.78, 5) is 16.1. The molecule has 2 saturated carbocycles. The lowest BCUT2D eigenvalue weighted by atomic mass is 9.95. The second-order valence-corrected chi connectivity index (χ2v) is 6.92. The van der Waals surface area contributed by atoms with E-state index in [-0.39, 0.29) is 5.92 Å². The minimum Gasteiger partial charge on any atom is -0.480 e. The molecular weight excluding hydrogens is 296 g/mol. The van der Waals surface area contributed by atoms with Gasteiger partial charge in [-0.2, -0.15) is 0 Å². The fourth-order valence-electron chi connectivity index (χ4n) is 2.40. The molecule has 2 N–H and O–H groups in total. The Morgan fingerprint density at radius 2 is 2.25 bits per heavy atom. The fraction of sp³-hybridized carbons (Fsp3) is 0.571. The third-order valence-corrected chi connectivity index (χ3v) is 5.47. The summed E-state index contributed by atoms with van der Waals surface area (Å²) in [7, 11) is 0. The van der Waals surface area contributed by atoms with E-state index in [0.717, 1.165) is 25.7 Å². The summed E-state index contributed by atoms with van der Waals surface area (Å²) >= 11 is 7.53. The number of aromatic nitrogens is 1. The Morgan fingerprint density at radius 1 is 1.50 bits per heavy atom. The van der Waals surface area contributed by atoms with Crippen LogP contribution in [0.25, 0.3) is 0 Å². The number of aliphatic carboxylic acids is 1. The quantitative estimate of drug-likeness (QED) is 0.758. The van der Waals surface area contributed by atoms with Crippen LogP contribution in [0.5, 0.6) is 0 Å². The average molecular weight is 313 g/mol. The molecule has 1 unspecified atom stereocenters. The van der Waals surface area contributed by atoms with Crippen LogP contribution in [0.2, 0.25) is 5.02 Å². The molecule has 0 saturated heterocycles. The minimum atomic E-state index is -0.827. The maximum Gasteiger partial charge on any atom is 0.325 e. The van der Waals surface area contributed by atoms with Crippen molar-refractivity contribution in [1.29, 1.82) is 0 Å². The smallest absolute Gasteiger partial charge is 0.325 e. The van der Waals surface area contributed by atoms with Gasteiger partial charge >= 0.3 is 5.97 Å². The van der Waals surface area contributed by atoms with E-state index < -0.39 is 11.5 Å². The van der Waals surface area contributed by atoms with Crippen LogP contribution in [-0.4, -0.2) is 33.4 Å². The molecule has 108 valence electrons. The molecule has 2 aliphatic carbocycles. The molecule has 1 atom stereocenters. The van der Waals surface area contributed by atoms with Crippen LogP contribution >= 0.6 is 23.4 Å². The van der Waals surface area contributed by atoms with Gasteiger partial charge in [0.05, 0.1) is 5.02 Å². The molecule has 0 aliphatic heterocycles. The lowest BCUT2D eigenvalue weighted by Crippen LogP contribution is -2.57. The zero-order valence-electron chi connectivity index (χ0n) is 11.0. The first-order valence-electron chi connectivity index (χ1n) is 6.86. The SMILES string of the molecule is O=C(O)C(CSc1ncccc1Cl)(NC1CC1)C1CC1. The van der Waals surface area contributed by atoms with E-state index in [4.69, 9.17) is 11.6 Å². The van der Waals surface area contributed by atoms with E-state index in [9.17, 15) is 9.90 Å². The van der Waals surface area contributed by atoms with Crippen molar-refractivity contribution in [2.75, 3.05) is 5.75 Å². The molecular formula is C14H17ClN2O2S. The molecule has 0 spiro atoms. The summed E-state index contributed by atoms with van der Waals surface area (Å²) in [6, 6.07) is 3.93. The van der Waals surface area contributed by atoms with Crippen molar-refractivity contribution in [1.82, 2.24) is 10.3 Å². The van der Waals surface area contributed by atoms with E-state index in [0.29, 0.717) is 21.8 Å². The molecule has 20 heavy (non-hydrogen) atoms. The normalized spacial score (nSPS) is 21.4. The standard InChI is InChI=1S/C14H17ClN2O2S/c15-11-2-1-7-16-12(11)20-8-14(13(18)19,9-3-4-9)17-10-5-6-10/h1-2,7,9-10,17H,3-6,8H2,(H,18,19). The summed E-state index contributed by atoms with van der Waals surface area (Å²) in [5, 5.41) is 14.4. The van der Waals surface area contributed by atoms with Crippen LogP contribution in [0, 0.1) is 5.92 Å². The van der Waals surface area contributed by atoms with Gasteiger partial charge in [-0.1, -0.05) is 11.6 Å². The number of carbonyl (C=O) groups is 1. The first-order chi connectivity index (χ1) is 9.62. The van der Waals surface area contributed by atoms with Gasteiger partial charge in [-0.25, -0.2) is 4.98 Å². The van der Waals surface area contributed by atoms with Gasteiger partial charge in [-0.05, 0) is 43.7 Å². The van der Waals surface area contributed by atoms with Gasteiger partial charge < -0.3 is 5.11 Å². The van der Waals surface area contributed by atoms with Crippen molar-refractivity contribution in [3.63, 3.8) is 0 Å². The maximum absolute atomic E-state index is 11.8. The van der Waals surface area contributed by atoms with Crippen LogP contribution in [0.1, 0.15) is 25.7 Å². The number of nitrogens with one attached hydrogen (secondary N) is 1. The number of thioether (sulfide) groups is 1. The summed E-state index contributed by atoms with van der Waals surface area (Å²) in [5.74, 6) is -0.0395. The Labute approximate surface area is 127 Å². The summed E-state index contributed by atoms with van der Waals surface area (Å²) < 4.78 is 0. The van der Waals surface area contributed by atoms with Gasteiger partial charge in [-0.3, -0.25) is 10.1 Å². The topological polar surface area (TPSA) is 62.2 Å². The molecule has 4 nitrogen and oxygen atoms in total. The molecule has 0 radical (unpaired) electrons. The molecule has 1 aromatic rings. The highest BCUT2D eigenvalue weighted by Crippen LogP contribution is 2.44. The van der Waals surface area contributed by atoms with Gasteiger partial charge in [0, 0.05) is 18.0 Å². The van der Waals surface area contributed by atoms with Crippen molar-refractivity contribution in [2.45, 2.75) is 42.3 Å². The highest BCUT2D eigenvalue weighted by atomic mass is 35.5. The third kappa shape index (κ3) is 2.95. The summed E-state index contributed by atoms with van der Waals surface area (Å²) in [5.41, 5.74) is -0.827. The van der Waals surface area contributed by atoms with Gasteiger partial charge in [-0.15, -0.1) is 11.8 Å². The Bertz CT molecular complexity index is 520. The average Bonchev–Trinajstić information content (AvgIpc) is 3.27. The molecule has 2 aliphatic rings. The molecule has 2 fully saturated rings. The van der Waals surface area contributed by atoms with E-state index >= 15 is 0 Å². The minimum absolute atomic E-state index is 0.232. The Morgan fingerprint density at radius 3 is 2.80 bits per heavy atom. The fourth-order valence-corrected chi connectivity index (χ4v) is 3.84. The zero-order valence-corrected chi connectivity index (χ0v) is 12.6. The predicted octanol–water partition coefficient (Wildman–Crippen LogP) is 2.81. The number of halogens is 1. The van der Waals surface area contributed by atoms with E-state index in [1.54, 1.807) is 18.3 Å². The molecule has 1 aromatic heterocycles. The first-order valence-corrected chi connectivity index (χ1v) is 8.22. The Hall–Kier alpha value is -0.780. The van der Waals surface area contributed by atoms with E-state index in [1.165, 1.54) is 11.8 Å². The first kappa shape index (κ1) is 14.2. The van der Waals surface area contributed by atoms with Gasteiger partial charge in [0.1, 0.15) is 10.6 Å². The number of hydrogen-bond acceptors (Lipinski definition) is 4. The Balaban J connectivity index is 1.75. The van der Waals surface area contributed by atoms with Crippen LogP contribution in [-0.2, 0) is 4.79 Å². The summed E-state index contributed by atoms with van der Waals surface area (Å²) in [6.45, 7) is 0.